The standard InChI is InChI=1S/C12H10F3N3O/c13-12(14,15)9-4-2-1-3-8(9)5-18-6-10(16)11(19)17-7-18/h1-4,6-7H,5,16H2. The Hall–Kier alpha value is -2.31. The Morgan fingerprint density at radius 3 is 2.58 bits per heavy atom. The molecule has 1 aromatic heterocycles. The molecular formula is C12H10F3N3O. The molecule has 1 aromatic carbocycles. The fraction of sp³-hybridized carbons (Fsp3) is 0.167. The number of nitrogen functional groups attached to an aromatic ring is 1. The van der Waals surface area contributed by atoms with E-state index in [1.54, 1.807) is 0 Å². The Morgan fingerprint density at radius 1 is 1.26 bits per heavy atom. The van der Waals surface area contributed by atoms with E-state index >= 15 is 0 Å². The highest BCUT2D eigenvalue weighted by atomic mass is 19.4. The van der Waals surface area contributed by atoms with Gasteiger partial charge in [0.2, 0.25) is 0 Å². The molecule has 0 amide bonds. The van der Waals surface area contributed by atoms with Crippen LogP contribution in [0.3, 0.4) is 0 Å². The van der Waals surface area contributed by atoms with Crippen LogP contribution in [0.4, 0.5) is 18.9 Å². The lowest BCUT2D eigenvalue weighted by molar-refractivity contribution is -0.138. The number of benzene rings is 1. The van der Waals surface area contributed by atoms with E-state index in [9.17, 15) is 18.0 Å². The van der Waals surface area contributed by atoms with Crippen molar-refractivity contribution in [1.29, 1.82) is 0 Å². The molecule has 2 N–H and O–H groups in total. The van der Waals surface area contributed by atoms with E-state index in [1.807, 2.05) is 0 Å². The number of alkyl halides is 3. The molecule has 100 valence electrons. The summed E-state index contributed by atoms with van der Waals surface area (Å²) in [7, 11) is 0. The SMILES string of the molecule is Nc1cn(Cc2ccccc2C(F)(F)F)cnc1=O. The first-order valence-electron chi connectivity index (χ1n) is 5.34. The summed E-state index contributed by atoms with van der Waals surface area (Å²) in [5, 5.41) is 0. The number of hydrogen-bond acceptors (Lipinski definition) is 3. The van der Waals surface area contributed by atoms with Crippen LogP contribution in [0.5, 0.6) is 0 Å². The second-order valence-electron chi connectivity index (χ2n) is 3.96. The van der Waals surface area contributed by atoms with E-state index in [-0.39, 0.29) is 17.8 Å². The predicted molar refractivity (Wildman–Crippen MR) is 63.5 cm³/mol. The fourth-order valence-corrected chi connectivity index (χ4v) is 1.69. The Labute approximate surface area is 106 Å². The summed E-state index contributed by atoms with van der Waals surface area (Å²) in [6.07, 6.45) is -2.00. The zero-order chi connectivity index (χ0) is 14.0. The Bertz CT molecular complexity index is 649. The average Bonchev–Trinajstić information content (AvgIpc) is 2.33. The first-order valence-corrected chi connectivity index (χ1v) is 5.34. The van der Waals surface area contributed by atoms with Gasteiger partial charge in [-0.05, 0) is 11.6 Å². The minimum Gasteiger partial charge on any atom is -0.393 e. The van der Waals surface area contributed by atoms with E-state index in [0.717, 1.165) is 12.4 Å². The van der Waals surface area contributed by atoms with E-state index < -0.39 is 17.3 Å². The Morgan fingerprint density at radius 2 is 1.95 bits per heavy atom. The molecule has 1 heterocycles. The van der Waals surface area contributed by atoms with E-state index in [0.29, 0.717) is 0 Å². The highest BCUT2D eigenvalue weighted by Gasteiger charge is 2.32. The first-order chi connectivity index (χ1) is 8.88. The number of nitrogens with zero attached hydrogens (tertiary/aromatic N) is 2. The van der Waals surface area contributed by atoms with Crippen LogP contribution in [-0.4, -0.2) is 9.55 Å². The van der Waals surface area contributed by atoms with Crippen molar-refractivity contribution in [2.75, 3.05) is 5.73 Å². The first kappa shape index (κ1) is 13.1. The van der Waals surface area contributed by atoms with Crippen molar-refractivity contribution in [2.24, 2.45) is 0 Å². The van der Waals surface area contributed by atoms with Crippen molar-refractivity contribution in [3.05, 3.63) is 58.3 Å². The van der Waals surface area contributed by atoms with Gasteiger partial charge in [-0.3, -0.25) is 4.79 Å². The van der Waals surface area contributed by atoms with Crippen molar-refractivity contribution in [3.8, 4) is 0 Å². The molecule has 0 aliphatic carbocycles. The van der Waals surface area contributed by atoms with E-state index in [4.69, 9.17) is 5.73 Å². The largest absolute Gasteiger partial charge is 0.416 e. The van der Waals surface area contributed by atoms with Crippen LogP contribution in [0.2, 0.25) is 0 Å². The molecule has 0 bridgehead atoms. The van der Waals surface area contributed by atoms with Crippen molar-refractivity contribution in [3.63, 3.8) is 0 Å². The molecule has 0 fully saturated rings. The highest BCUT2D eigenvalue weighted by molar-refractivity contribution is 5.33. The predicted octanol–water partition coefficient (Wildman–Crippen LogP) is 1.89. The molecule has 4 nitrogen and oxygen atoms in total. The van der Waals surface area contributed by atoms with Gasteiger partial charge in [-0.25, -0.2) is 0 Å². The molecule has 0 aliphatic heterocycles. The number of hydrogen-bond donors (Lipinski definition) is 1. The van der Waals surface area contributed by atoms with Gasteiger partial charge < -0.3 is 10.3 Å². The quantitative estimate of drug-likeness (QED) is 0.905. The molecule has 19 heavy (non-hydrogen) atoms. The Balaban J connectivity index is 2.38. The van der Waals surface area contributed by atoms with Crippen LogP contribution in [0.15, 0.2) is 41.6 Å². The molecule has 0 radical (unpaired) electrons. The molecule has 7 heteroatoms. The molecule has 0 aliphatic rings. The van der Waals surface area contributed by atoms with Gasteiger partial charge in [-0.1, -0.05) is 18.2 Å². The summed E-state index contributed by atoms with van der Waals surface area (Å²) in [5.74, 6) is 0. The van der Waals surface area contributed by atoms with Crippen LogP contribution in [0.25, 0.3) is 0 Å². The highest BCUT2D eigenvalue weighted by Crippen LogP contribution is 2.32. The maximum Gasteiger partial charge on any atom is 0.416 e. The Kier molecular flexibility index (Phi) is 3.28. The zero-order valence-corrected chi connectivity index (χ0v) is 9.69. The third-order valence-electron chi connectivity index (χ3n) is 2.55. The summed E-state index contributed by atoms with van der Waals surface area (Å²) in [5.41, 5.74) is 4.05. The number of anilines is 1. The third kappa shape index (κ3) is 2.93. The van der Waals surface area contributed by atoms with Crippen molar-refractivity contribution < 1.29 is 13.2 Å². The molecule has 2 aromatic rings. The van der Waals surface area contributed by atoms with Gasteiger partial charge in [-0.2, -0.15) is 18.2 Å². The van der Waals surface area contributed by atoms with Gasteiger partial charge >= 0.3 is 6.18 Å². The summed E-state index contributed by atoms with van der Waals surface area (Å²) in [6.45, 7) is -0.0623. The molecule has 0 saturated heterocycles. The fourth-order valence-electron chi connectivity index (χ4n) is 1.69. The molecule has 2 rings (SSSR count). The van der Waals surface area contributed by atoms with Gasteiger partial charge in [0.15, 0.2) is 0 Å². The maximum absolute atomic E-state index is 12.8. The second kappa shape index (κ2) is 4.75. The molecule has 0 spiro atoms. The molecular weight excluding hydrogens is 259 g/mol. The van der Waals surface area contributed by atoms with Gasteiger partial charge in [0.1, 0.15) is 5.69 Å². The van der Waals surface area contributed by atoms with Crippen molar-refractivity contribution in [2.45, 2.75) is 12.7 Å². The van der Waals surface area contributed by atoms with Gasteiger partial charge in [-0.15, -0.1) is 0 Å². The average molecular weight is 269 g/mol. The van der Waals surface area contributed by atoms with Gasteiger partial charge in [0, 0.05) is 12.7 Å². The number of halogens is 3. The van der Waals surface area contributed by atoms with Gasteiger partial charge in [0.25, 0.3) is 5.56 Å². The van der Waals surface area contributed by atoms with E-state index in [1.165, 1.54) is 29.0 Å². The lowest BCUT2D eigenvalue weighted by atomic mass is 10.1. The summed E-state index contributed by atoms with van der Waals surface area (Å²) < 4.78 is 39.7. The van der Waals surface area contributed by atoms with Crippen LogP contribution < -0.4 is 11.3 Å². The summed E-state index contributed by atoms with van der Waals surface area (Å²) in [6, 6.07) is 5.22. The number of aromatic nitrogens is 2. The summed E-state index contributed by atoms with van der Waals surface area (Å²) >= 11 is 0. The zero-order valence-electron chi connectivity index (χ0n) is 9.69. The molecule has 0 unspecified atom stereocenters. The van der Waals surface area contributed by atoms with Gasteiger partial charge in [0.05, 0.1) is 11.9 Å². The summed E-state index contributed by atoms with van der Waals surface area (Å²) in [4.78, 5) is 14.5. The number of rotatable bonds is 2. The van der Waals surface area contributed by atoms with E-state index in [2.05, 4.69) is 4.98 Å². The van der Waals surface area contributed by atoms with Crippen molar-refractivity contribution >= 4 is 5.69 Å². The minimum atomic E-state index is -4.42. The molecule has 0 atom stereocenters. The second-order valence-corrected chi connectivity index (χ2v) is 3.96. The lowest BCUT2D eigenvalue weighted by Gasteiger charge is -2.13. The normalized spacial score (nSPS) is 11.5. The lowest BCUT2D eigenvalue weighted by Crippen LogP contribution is -2.17. The third-order valence-corrected chi connectivity index (χ3v) is 2.55. The smallest absolute Gasteiger partial charge is 0.393 e. The topological polar surface area (TPSA) is 60.9 Å². The van der Waals surface area contributed by atoms with Crippen LogP contribution in [0, 0.1) is 0 Å². The minimum absolute atomic E-state index is 0.0623. The van der Waals surface area contributed by atoms with Crippen LogP contribution in [0.1, 0.15) is 11.1 Å². The van der Waals surface area contributed by atoms with Crippen molar-refractivity contribution in [1.82, 2.24) is 9.55 Å². The van der Waals surface area contributed by atoms with Crippen LogP contribution >= 0.6 is 0 Å². The molecule has 0 saturated carbocycles. The number of nitrogens with two attached hydrogens (primary N) is 1. The monoisotopic (exact) mass is 269 g/mol. The maximum atomic E-state index is 12.8. The van der Waals surface area contributed by atoms with Crippen LogP contribution in [-0.2, 0) is 12.7 Å².